The van der Waals surface area contributed by atoms with Gasteiger partial charge in [-0.25, -0.2) is 4.98 Å². The highest BCUT2D eigenvalue weighted by Gasteiger charge is 2.06. The van der Waals surface area contributed by atoms with Gasteiger partial charge in [0.25, 0.3) is 11.8 Å². The number of carbonyl (C=O) groups excluding carboxylic acids is 2. The minimum Gasteiger partial charge on any atom is -0.289 e. The van der Waals surface area contributed by atoms with Crippen molar-refractivity contribution in [1.82, 2.24) is 10.3 Å². The predicted octanol–water partition coefficient (Wildman–Crippen LogP) is 1.50. The molecule has 0 bridgehead atoms. The molecular formula is C11H8N2O2S. The van der Waals surface area contributed by atoms with Crippen molar-refractivity contribution < 1.29 is 9.59 Å². The molecule has 1 N–H and O–H groups in total. The maximum atomic E-state index is 10.0. The van der Waals surface area contributed by atoms with E-state index in [-0.39, 0.29) is 11.8 Å². The Labute approximate surface area is 95.6 Å². The van der Waals surface area contributed by atoms with Crippen LogP contribution in [0.5, 0.6) is 0 Å². The predicted molar refractivity (Wildman–Crippen MR) is 61.9 cm³/mol. The summed E-state index contributed by atoms with van der Waals surface area (Å²) in [5, 5.41) is 2.03. The molecule has 1 aliphatic heterocycles. The largest absolute Gasteiger partial charge is 0.289 e. The van der Waals surface area contributed by atoms with Crippen LogP contribution < -0.4 is 5.32 Å². The molecule has 0 saturated heterocycles. The third-order valence-corrected chi connectivity index (χ3v) is 2.68. The van der Waals surface area contributed by atoms with E-state index in [1.807, 2.05) is 29.0 Å². The molecule has 16 heavy (non-hydrogen) atoms. The zero-order chi connectivity index (χ0) is 11.4. The monoisotopic (exact) mass is 232 g/mol. The van der Waals surface area contributed by atoms with Crippen molar-refractivity contribution in [2.24, 2.45) is 0 Å². The van der Waals surface area contributed by atoms with Crippen molar-refractivity contribution in [3.63, 3.8) is 0 Å². The number of imide groups is 1. The molecule has 0 aliphatic carbocycles. The van der Waals surface area contributed by atoms with Crippen LogP contribution in [0.3, 0.4) is 0 Å². The summed E-state index contributed by atoms with van der Waals surface area (Å²) in [6.07, 6.45) is 2.39. The van der Waals surface area contributed by atoms with E-state index in [1.165, 1.54) is 16.9 Å². The summed E-state index contributed by atoms with van der Waals surface area (Å²) in [7, 11) is 0. The van der Waals surface area contributed by atoms with Gasteiger partial charge in [-0.2, -0.15) is 0 Å². The molecule has 1 aliphatic rings. The molecule has 4 nitrogen and oxygen atoms in total. The maximum absolute atomic E-state index is 10.0. The third-order valence-electron chi connectivity index (χ3n) is 1.87. The van der Waals surface area contributed by atoms with E-state index in [0.717, 1.165) is 5.52 Å². The lowest BCUT2D eigenvalue weighted by molar-refractivity contribution is -0.123. The van der Waals surface area contributed by atoms with Gasteiger partial charge in [0.2, 0.25) is 0 Å². The molecule has 3 rings (SSSR count). The number of rotatable bonds is 0. The summed E-state index contributed by atoms with van der Waals surface area (Å²) in [5.41, 5.74) is 2.97. The number of thiazole rings is 1. The van der Waals surface area contributed by atoms with Gasteiger partial charge in [0.1, 0.15) is 0 Å². The Balaban J connectivity index is 0.000000125. The normalized spacial score (nSPS) is 13.5. The molecule has 1 aromatic carbocycles. The number of nitrogens with one attached hydrogen (secondary N) is 1. The lowest BCUT2D eigenvalue weighted by atomic mass is 10.3. The SMILES string of the molecule is O=C1C=CC(=O)N1.c1ccc2scnc2c1. The first-order valence-electron chi connectivity index (χ1n) is 4.57. The fraction of sp³-hybridized carbons (Fsp3) is 0. The summed E-state index contributed by atoms with van der Waals surface area (Å²) in [6.45, 7) is 0. The summed E-state index contributed by atoms with van der Waals surface area (Å²) < 4.78 is 1.26. The van der Waals surface area contributed by atoms with Gasteiger partial charge in [-0.1, -0.05) is 12.1 Å². The fourth-order valence-corrected chi connectivity index (χ4v) is 1.84. The molecule has 0 atom stereocenters. The Morgan fingerprint density at radius 3 is 2.31 bits per heavy atom. The Morgan fingerprint density at radius 1 is 1.06 bits per heavy atom. The molecule has 2 aromatic rings. The number of hydrogen-bond donors (Lipinski definition) is 1. The van der Waals surface area contributed by atoms with E-state index in [2.05, 4.69) is 11.1 Å². The molecule has 0 fully saturated rings. The molecule has 80 valence electrons. The quantitative estimate of drug-likeness (QED) is 0.700. The van der Waals surface area contributed by atoms with Crippen LogP contribution in [0.4, 0.5) is 0 Å². The van der Waals surface area contributed by atoms with E-state index in [1.54, 1.807) is 11.3 Å². The zero-order valence-corrected chi connectivity index (χ0v) is 9.03. The summed E-state index contributed by atoms with van der Waals surface area (Å²) >= 11 is 1.68. The average molecular weight is 232 g/mol. The number of aromatic nitrogens is 1. The second kappa shape index (κ2) is 4.67. The molecule has 0 unspecified atom stereocenters. The van der Waals surface area contributed by atoms with Gasteiger partial charge in [0.15, 0.2) is 0 Å². The van der Waals surface area contributed by atoms with Gasteiger partial charge in [0, 0.05) is 12.2 Å². The highest BCUT2D eigenvalue weighted by molar-refractivity contribution is 7.16. The molecular weight excluding hydrogens is 224 g/mol. The average Bonchev–Trinajstić information content (AvgIpc) is 2.88. The first-order chi connectivity index (χ1) is 7.75. The lowest BCUT2D eigenvalue weighted by Crippen LogP contribution is -2.19. The second-order valence-corrected chi connectivity index (χ2v) is 3.89. The van der Waals surface area contributed by atoms with Crippen molar-refractivity contribution in [3.05, 3.63) is 41.9 Å². The summed E-state index contributed by atoms with van der Waals surface area (Å²) in [4.78, 5) is 24.2. The van der Waals surface area contributed by atoms with Gasteiger partial charge in [-0.05, 0) is 12.1 Å². The Bertz CT molecular complexity index is 514. The van der Waals surface area contributed by atoms with Gasteiger partial charge in [0.05, 0.1) is 15.7 Å². The number of nitrogens with zero attached hydrogens (tertiary/aromatic N) is 1. The van der Waals surface area contributed by atoms with E-state index >= 15 is 0 Å². The second-order valence-electron chi connectivity index (χ2n) is 3.01. The van der Waals surface area contributed by atoms with Crippen molar-refractivity contribution in [2.75, 3.05) is 0 Å². The van der Waals surface area contributed by atoms with Gasteiger partial charge in [-0.3, -0.25) is 14.9 Å². The summed E-state index contributed by atoms with van der Waals surface area (Å²) in [5.74, 6) is -0.657. The van der Waals surface area contributed by atoms with Crippen LogP contribution in [0.1, 0.15) is 0 Å². The van der Waals surface area contributed by atoms with Gasteiger partial charge >= 0.3 is 0 Å². The molecule has 1 aromatic heterocycles. The van der Waals surface area contributed by atoms with E-state index < -0.39 is 0 Å². The molecule has 0 saturated carbocycles. The van der Waals surface area contributed by atoms with Gasteiger partial charge in [-0.15, -0.1) is 11.3 Å². The van der Waals surface area contributed by atoms with Crippen LogP contribution in [0.2, 0.25) is 0 Å². The first kappa shape index (κ1) is 10.5. The van der Waals surface area contributed by atoms with E-state index in [0.29, 0.717) is 0 Å². The Morgan fingerprint density at radius 2 is 1.75 bits per heavy atom. The molecule has 0 radical (unpaired) electrons. The number of amides is 2. The Kier molecular flexibility index (Phi) is 3.07. The number of para-hydroxylation sites is 1. The number of hydrogen-bond acceptors (Lipinski definition) is 4. The van der Waals surface area contributed by atoms with Crippen molar-refractivity contribution in [2.45, 2.75) is 0 Å². The van der Waals surface area contributed by atoms with Crippen molar-refractivity contribution in [3.8, 4) is 0 Å². The first-order valence-corrected chi connectivity index (χ1v) is 5.45. The lowest BCUT2D eigenvalue weighted by Gasteiger charge is -1.80. The molecule has 5 heteroatoms. The minimum absolute atomic E-state index is 0.329. The van der Waals surface area contributed by atoms with E-state index in [4.69, 9.17) is 0 Å². The van der Waals surface area contributed by atoms with Crippen LogP contribution in [0.25, 0.3) is 10.2 Å². The van der Waals surface area contributed by atoms with Gasteiger partial charge < -0.3 is 0 Å². The highest BCUT2D eigenvalue weighted by Crippen LogP contribution is 2.15. The smallest absolute Gasteiger partial charge is 0.250 e. The zero-order valence-electron chi connectivity index (χ0n) is 8.21. The van der Waals surface area contributed by atoms with E-state index in [9.17, 15) is 9.59 Å². The highest BCUT2D eigenvalue weighted by atomic mass is 32.1. The van der Waals surface area contributed by atoms with Crippen LogP contribution in [0.15, 0.2) is 41.9 Å². The van der Waals surface area contributed by atoms with Crippen LogP contribution >= 0.6 is 11.3 Å². The van der Waals surface area contributed by atoms with Crippen LogP contribution in [-0.2, 0) is 9.59 Å². The van der Waals surface area contributed by atoms with Crippen molar-refractivity contribution >= 4 is 33.4 Å². The maximum Gasteiger partial charge on any atom is 0.250 e. The fourth-order valence-electron chi connectivity index (χ4n) is 1.16. The summed E-state index contributed by atoms with van der Waals surface area (Å²) in [6, 6.07) is 8.13. The number of benzene rings is 1. The van der Waals surface area contributed by atoms with Crippen LogP contribution in [0, 0.1) is 0 Å². The molecule has 0 spiro atoms. The standard InChI is InChI=1S/C7H5NS.C4H3NO2/c1-2-4-7-6(3-1)8-5-9-7;6-3-1-2-4(7)5-3/h1-5H;1-2H,(H,5,6,7). The third kappa shape index (κ3) is 2.52. The topological polar surface area (TPSA) is 59.1 Å². The van der Waals surface area contributed by atoms with Crippen LogP contribution in [-0.4, -0.2) is 16.8 Å². The Hall–Kier alpha value is -2.01. The number of carbonyl (C=O) groups is 2. The molecule has 2 amide bonds. The van der Waals surface area contributed by atoms with Crippen molar-refractivity contribution in [1.29, 1.82) is 0 Å². The number of fused-ring (bicyclic) bond motifs is 1. The minimum atomic E-state index is -0.329. The molecule has 2 heterocycles.